The maximum Gasteiger partial charge on any atom is 0.112 e. The molecule has 0 aliphatic rings. The molecule has 0 aliphatic heterocycles. The van der Waals surface area contributed by atoms with Crippen LogP contribution in [0.1, 0.15) is 12.5 Å². The van der Waals surface area contributed by atoms with Gasteiger partial charge in [-0.1, -0.05) is 0 Å². The number of hydrogen-bond acceptors (Lipinski definition) is 4. The molecule has 0 fully saturated rings. The molecule has 0 amide bonds. The fourth-order valence-electron chi connectivity index (χ4n) is 2.39. The monoisotopic (exact) mass is 345 g/mol. The number of aromatic nitrogens is 4. The summed E-state index contributed by atoms with van der Waals surface area (Å²) in [6.07, 6.45) is 7.58. The van der Waals surface area contributed by atoms with Gasteiger partial charge in [0.1, 0.15) is 5.52 Å². The third kappa shape index (κ3) is 2.90. The van der Waals surface area contributed by atoms with Gasteiger partial charge < -0.3 is 4.90 Å². The van der Waals surface area contributed by atoms with Crippen molar-refractivity contribution in [1.29, 1.82) is 0 Å². The molecule has 0 unspecified atom stereocenters. The third-order valence-corrected chi connectivity index (χ3v) is 3.81. The Balaban J connectivity index is 2.00. The number of hydrogen-bond donors (Lipinski definition) is 0. The Labute approximate surface area is 131 Å². The van der Waals surface area contributed by atoms with Crippen LogP contribution >= 0.6 is 15.9 Å². The molecule has 5 nitrogen and oxygen atoms in total. The van der Waals surface area contributed by atoms with Crippen molar-refractivity contribution < 1.29 is 0 Å². The van der Waals surface area contributed by atoms with Crippen molar-refractivity contribution >= 4 is 32.7 Å². The molecule has 0 saturated carbocycles. The normalized spacial score (nSPS) is 11.0. The zero-order chi connectivity index (χ0) is 14.8. The van der Waals surface area contributed by atoms with Crippen LogP contribution in [0.2, 0.25) is 0 Å². The summed E-state index contributed by atoms with van der Waals surface area (Å²) in [5.74, 6) is 0. The Morgan fingerprint density at radius 3 is 2.86 bits per heavy atom. The first kappa shape index (κ1) is 14.0. The lowest BCUT2D eigenvalue weighted by Crippen LogP contribution is -2.22. The molecule has 21 heavy (non-hydrogen) atoms. The van der Waals surface area contributed by atoms with Gasteiger partial charge in [-0.05, 0) is 35.0 Å². The molecule has 3 rings (SSSR count). The number of fused-ring (bicyclic) bond motifs is 1. The highest BCUT2D eigenvalue weighted by Gasteiger charge is 2.12. The second-order valence-corrected chi connectivity index (χ2v) is 5.80. The molecule has 0 aliphatic carbocycles. The zero-order valence-corrected chi connectivity index (χ0v) is 13.6. The molecule has 0 bridgehead atoms. The smallest absolute Gasteiger partial charge is 0.112 e. The average molecular weight is 346 g/mol. The summed E-state index contributed by atoms with van der Waals surface area (Å²) >= 11 is 3.44. The molecule has 0 spiro atoms. The van der Waals surface area contributed by atoms with Crippen LogP contribution in [0.5, 0.6) is 0 Å². The highest BCUT2D eigenvalue weighted by molar-refractivity contribution is 9.10. The molecule has 3 heterocycles. The summed E-state index contributed by atoms with van der Waals surface area (Å²) in [6, 6.07) is 4.01. The lowest BCUT2D eigenvalue weighted by atomic mass is 10.2. The third-order valence-electron chi connectivity index (χ3n) is 3.38. The van der Waals surface area contributed by atoms with E-state index in [4.69, 9.17) is 0 Å². The highest BCUT2D eigenvalue weighted by Crippen LogP contribution is 2.26. The van der Waals surface area contributed by atoms with E-state index >= 15 is 0 Å². The zero-order valence-electron chi connectivity index (χ0n) is 12.0. The number of halogens is 1. The van der Waals surface area contributed by atoms with Crippen molar-refractivity contribution in [2.75, 3.05) is 11.4 Å². The lowest BCUT2D eigenvalue weighted by molar-refractivity contribution is 0.765. The van der Waals surface area contributed by atoms with E-state index in [-0.39, 0.29) is 0 Å². The summed E-state index contributed by atoms with van der Waals surface area (Å²) in [5, 5.41) is 4.23. The van der Waals surface area contributed by atoms with Gasteiger partial charge in [0.15, 0.2) is 0 Å². The van der Waals surface area contributed by atoms with E-state index in [1.165, 1.54) is 5.56 Å². The molecule has 3 aromatic heterocycles. The maximum atomic E-state index is 4.52. The first-order valence-electron chi connectivity index (χ1n) is 6.80. The molecular weight excluding hydrogens is 330 g/mol. The molecule has 0 radical (unpaired) electrons. The Kier molecular flexibility index (Phi) is 3.88. The van der Waals surface area contributed by atoms with Gasteiger partial charge >= 0.3 is 0 Å². The van der Waals surface area contributed by atoms with Crippen molar-refractivity contribution in [3.8, 4) is 0 Å². The summed E-state index contributed by atoms with van der Waals surface area (Å²) < 4.78 is 2.76. The SMILES string of the molecule is CCN(Cc1cnn(C)c1)c1ccnc2cc(Br)cnc12. The molecule has 0 N–H and O–H groups in total. The first-order chi connectivity index (χ1) is 10.2. The van der Waals surface area contributed by atoms with Gasteiger partial charge in [-0.25, -0.2) is 0 Å². The van der Waals surface area contributed by atoms with Gasteiger partial charge in [0.05, 0.1) is 17.4 Å². The van der Waals surface area contributed by atoms with Crippen LogP contribution < -0.4 is 4.90 Å². The second kappa shape index (κ2) is 5.81. The number of rotatable bonds is 4. The summed E-state index contributed by atoms with van der Waals surface area (Å²) in [5.41, 5.74) is 4.10. The Morgan fingerprint density at radius 2 is 2.14 bits per heavy atom. The molecule has 0 atom stereocenters. The summed E-state index contributed by atoms with van der Waals surface area (Å²) in [4.78, 5) is 11.2. The molecule has 6 heteroatoms. The van der Waals surface area contributed by atoms with Gasteiger partial charge in [0.25, 0.3) is 0 Å². The number of pyridine rings is 2. The highest BCUT2D eigenvalue weighted by atomic mass is 79.9. The Hall–Kier alpha value is -1.95. The standard InChI is InChI=1S/C15H16BrN5/c1-3-21(10-11-7-19-20(2)9-11)14-4-5-17-13-6-12(16)8-18-15(13)14/h4-9H,3,10H2,1-2H3. The van der Waals surface area contributed by atoms with Gasteiger partial charge in [-0.3, -0.25) is 14.6 Å². The molecule has 0 aromatic carbocycles. The number of anilines is 1. The number of aryl methyl sites for hydroxylation is 1. The number of nitrogens with zero attached hydrogens (tertiary/aromatic N) is 5. The minimum atomic E-state index is 0.807. The van der Waals surface area contributed by atoms with Crippen molar-refractivity contribution in [1.82, 2.24) is 19.7 Å². The molecular formula is C15H16BrN5. The lowest BCUT2D eigenvalue weighted by Gasteiger charge is -2.23. The van der Waals surface area contributed by atoms with Crippen molar-refractivity contribution in [3.63, 3.8) is 0 Å². The molecule has 108 valence electrons. The predicted molar refractivity (Wildman–Crippen MR) is 87.2 cm³/mol. The Morgan fingerprint density at radius 1 is 1.29 bits per heavy atom. The maximum absolute atomic E-state index is 4.52. The van der Waals surface area contributed by atoms with Crippen LogP contribution in [0.15, 0.2) is 41.4 Å². The average Bonchev–Trinajstić information content (AvgIpc) is 2.89. The Bertz CT molecular complexity index is 768. The fourth-order valence-corrected chi connectivity index (χ4v) is 2.71. The van der Waals surface area contributed by atoms with E-state index in [1.807, 2.05) is 48.6 Å². The second-order valence-electron chi connectivity index (χ2n) is 4.89. The van der Waals surface area contributed by atoms with Gasteiger partial charge in [-0.2, -0.15) is 5.10 Å². The van der Waals surface area contributed by atoms with E-state index in [0.717, 1.165) is 34.3 Å². The van der Waals surface area contributed by atoms with Crippen LogP contribution in [0.4, 0.5) is 5.69 Å². The van der Waals surface area contributed by atoms with E-state index in [0.29, 0.717) is 0 Å². The topological polar surface area (TPSA) is 46.8 Å². The van der Waals surface area contributed by atoms with Crippen molar-refractivity contribution in [3.05, 3.63) is 47.0 Å². The van der Waals surface area contributed by atoms with E-state index in [9.17, 15) is 0 Å². The van der Waals surface area contributed by atoms with E-state index < -0.39 is 0 Å². The van der Waals surface area contributed by atoms with Crippen LogP contribution in [0.3, 0.4) is 0 Å². The molecule has 0 saturated heterocycles. The van der Waals surface area contributed by atoms with Gasteiger partial charge in [0, 0.05) is 48.8 Å². The van der Waals surface area contributed by atoms with E-state index in [2.05, 4.69) is 42.8 Å². The largest absolute Gasteiger partial charge is 0.366 e. The van der Waals surface area contributed by atoms with Crippen LogP contribution in [-0.2, 0) is 13.6 Å². The van der Waals surface area contributed by atoms with Crippen molar-refractivity contribution in [2.24, 2.45) is 7.05 Å². The quantitative estimate of drug-likeness (QED) is 0.728. The minimum absolute atomic E-state index is 0.807. The summed E-state index contributed by atoms with van der Waals surface area (Å²) in [7, 11) is 1.93. The van der Waals surface area contributed by atoms with Gasteiger partial charge in [0.2, 0.25) is 0 Å². The van der Waals surface area contributed by atoms with Crippen LogP contribution in [0.25, 0.3) is 11.0 Å². The van der Waals surface area contributed by atoms with Crippen molar-refractivity contribution in [2.45, 2.75) is 13.5 Å². The first-order valence-corrected chi connectivity index (χ1v) is 7.59. The van der Waals surface area contributed by atoms with E-state index in [1.54, 1.807) is 0 Å². The predicted octanol–water partition coefficient (Wildman–Crippen LogP) is 3.15. The molecule has 3 aromatic rings. The minimum Gasteiger partial charge on any atom is -0.366 e. The van der Waals surface area contributed by atoms with Crippen LogP contribution in [-0.4, -0.2) is 26.3 Å². The fraction of sp³-hybridized carbons (Fsp3) is 0.267. The summed E-state index contributed by atoms with van der Waals surface area (Å²) in [6.45, 7) is 3.84. The van der Waals surface area contributed by atoms with Gasteiger partial charge in [-0.15, -0.1) is 0 Å². The van der Waals surface area contributed by atoms with Crippen LogP contribution in [0, 0.1) is 0 Å².